The van der Waals surface area contributed by atoms with Gasteiger partial charge >= 0.3 is 18.2 Å². The number of anilines is 1. The molecule has 4 atom stereocenters. The van der Waals surface area contributed by atoms with Crippen LogP contribution in [0, 0.1) is 5.82 Å². The van der Waals surface area contributed by atoms with E-state index in [9.17, 15) is 39.0 Å². The lowest BCUT2D eigenvalue weighted by Gasteiger charge is -2.35. The minimum atomic E-state index is -1.36. The number of carboxylic acid groups (broad SMARTS) is 1. The number of aromatic nitrogens is 7. The van der Waals surface area contributed by atoms with Crippen LogP contribution in [0.3, 0.4) is 0 Å². The Balaban J connectivity index is 0.000000256. The third kappa shape index (κ3) is 19.5. The molecule has 0 radical (unpaired) electrons. The molecule has 24 heteroatoms. The predicted octanol–water partition coefficient (Wildman–Crippen LogP) is 11.0. The number of aliphatic hydroxyl groups excluding tert-OH is 1. The van der Waals surface area contributed by atoms with Gasteiger partial charge in [-0.15, -0.1) is 32.9 Å². The average Bonchev–Trinajstić information content (AvgIpc) is 1.17. The van der Waals surface area contributed by atoms with E-state index in [0.717, 1.165) is 71.8 Å². The number of thiophene rings is 2. The second-order valence-corrected chi connectivity index (χ2v) is 26.3. The van der Waals surface area contributed by atoms with Gasteiger partial charge in [-0.05, 0) is 143 Å². The van der Waals surface area contributed by atoms with Crippen molar-refractivity contribution in [2.24, 2.45) is 5.73 Å². The SMILES string of the molecule is CCn1cc(C(=O)O)c(=O)c2cc(F)c(N3CCN(C(=O)OCc4ccc(CC(=O)[C@H](CCCCN)n5cc(C(C)Cc6cccs6)nn5)cc4)CC3)cc21.C[C@@H](Cc1cccs1)c1cn([C@@H](CCCCNC(=O)OC(C)(C)C)C(=O)Cc2ccc(CO)cc2)nn1. The molecule has 9 rings (SSSR count). The van der Waals surface area contributed by atoms with E-state index >= 15 is 4.39 Å². The van der Waals surface area contributed by atoms with Crippen LogP contribution in [0.2, 0.25) is 0 Å². The molecule has 490 valence electrons. The van der Waals surface area contributed by atoms with Crippen molar-refractivity contribution in [3.05, 3.63) is 179 Å². The standard InChI is InChI=1S/C40H46FN7O6S.C28H38N4O4S/c1-3-45-23-31(39(51)52)38(50)30-21-32(41)36(22-35(30)45)46-14-16-47(17-15-46)40(53)54-25-28-11-9-27(10-12-28)20-37(49)34(8-4-5-13-42)48-24-33(43-44-48)26(2)19-29-7-6-18-55-29;1-20(16-23-8-7-15-37-23)24-18-32(31-30-24)25(9-5-6-14-29-27(35)36-28(2,3)4)26(34)17-21-10-12-22(19-33)13-11-21/h6-7,9-12,18,21-24,26,34H,3-5,8,13-17,19-20,25,42H2,1-2H3,(H,51,52);7-8,10-13,15,18,20,25,33H,5-6,9,14,16-17,19H2,1-4H3,(H,29,35)/t26?,34-;20-,25-/m00/s1. The van der Waals surface area contributed by atoms with Gasteiger partial charge in [-0.2, -0.15) is 0 Å². The Morgan fingerprint density at radius 3 is 1.75 bits per heavy atom. The van der Waals surface area contributed by atoms with Crippen LogP contribution in [0.15, 0.2) is 119 Å². The van der Waals surface area contributed by atoms with Gasteiger partial charge in [0.25, 0.3) is 0 Å². The second kappa shape index (κ2) is 33.2. The van der Waals surface area contributed by atoms with E-state index in [-0.39, 0.29) is 60.5 Å². The number of aryl methyl sites for hydroxylation is 1. The normalized spacial score (nSPS) is 13.8. The number of hydrogen-bond acceptors (Lipinski definition) is 17. The van der Waals surface area contributed by atoms with E-state index in [1.807, 2.05) is 101 Å². The van der Waals surface area contributed by atoms with Gasteiger partial charge in [0.05, 0.1) is 29.2 Å². The number of nitrogens with zero attached hydrogens (tertiary/aromatic N) is 9. The third-order valence-corrected chi connectivity index (χ3v) is 17.9. The Morgan fingerprint density at radius 2 is 1.26 bits per heavy atom. The first-order valence-electron chi connectivity index (χ1n) is 31.3. The first kappa shape index (κ1) is 69.4. The number of carbonyl (C=O) groups is 5. The third-order valence-electron chi connectivity index (χ3n) is 16.1. The highest BCUT2D eigenvalue weighted by Crippen LogP contribution is 2.29. The van der Waals surface area contributed by atoms with Crippen molar-refractivity contribution in [2.45, 2.75) is 155 Å². The highest BCUT2D eigenvalue weighted by molar-refractivity contribution is 7.10. The first-order valence-corrected chi connectivity index (χ1v) is 33.1. The molecule has 8 aromatic rings. The molecule has 5 aromatic heterocycles. The summed E-state index contributed by atoms with van der Waals surface area (Å²) in [5.41, 5.74) is 9.81. The number of alkyl carbamates (subject to hydrolysis) is 1. The van der Waals surface area contributed by atoms with Crippen LogP contribution in [-0.4, -0.2) is 124 Å². The van der Waals surface area contributed by atoms with Crippen LogP contribution < -0.4 is 21.4 Å². The summed E-state index contributed by atoms with van der Waals surface area (Å²) in [6.07, 6.45) is 10.6. The number of nitrogens with two attached hydrogens (primary N) is 1. The van der Waals surface area contributed by atoms with Crippen molar-refractivity contribution in [3.63, 3.8) is 0 Å². The molecule has 6 heterocycles. The predicted molar refractivity (Wildman–Crippen MR) is 353 cm³/mol. The van der Waals surface area contributed by atoms with Gasteiger partial charge in [0.1, 0.15) is 35.7 Å². The topological polar surface area (TPSA) is 272 Å². The second-order valence-electron chi connectivity index (χ2n) is 24.2. The zero-order valence-electron chi connectivity index (χ0n) is 53.2. The Bertz CT molecular complexity index is 3760. The maximum atomic E-state index is 15.3. The van der Waals surface area contributed by atoms with Gasteiger partial charge in [-0.1, -0.05) is 84.9 Å². The van der Waals surface area contributed by atoms with Crippen molar-refractivity contribution in [1.29, 1.82) is 0 Å². The molecule has 92 heavy (non-hydrogen) atoms. The number of piperazine rings is 1. The number of unbranched alkanes of at least 4 members (excludes halogenated alkanes) is 2. The molecule has 5 N–H and O–H groups in total. The van der Waals surface area contributed by atoms with E-state index in [2.05, 4.69) is 62.7 Å². The molecule has 1 unspecified atom stereocenters. The zero-order chi connectivity index (χ0) is 65.9. The summed E-state index contributed by atoms with van der Waals surface area (Å²) in [6, 6.07) is 24.9. The molecule has 1 aliphatic rings. The number of benzene rings is 3. The Labute approximate surface area is 543 Å². The van der Waals surface area contributed by atoms with Crippen LogP contribution in [0.4, 0.5) is 19.7 Å². The molecule has 21 nitrogen and oxygen atoms in total. The molecule has 0 saturated carbocycles. The number of amides is 2. The van der Waals surface area contributed by atoms with Crippen LogP contribution in [0.1, 0.15) is 158 Å². The number of aromatic carboxylic acids is 1. The van der Waals surface area contributed by atoms with Crippen LogP contribution in [-0.2, 0) is 64.5 Å². The molecule has 1 fully saturated rings. The van der Waals surface area contributed by atoms with E-state index in [1.165, 1.54) is 16.0 Å². The number of ether oxygens (including phenoxy) is 2. The van der Waals surface area contributed by atoms with E-state index in [1.54, 1.807) is 52.5 Å². The maximum absolute atomic E-state index is 15.3. The molecule has 0 aliphatic carbocycles. The molecule has 1 saturated heterocycles. The van der Waals surface area contributed by atoms with Crippen molar-refractivity contribution in [3.8, 4) is 0 Å². The number of carboxylic acids is 1. The fourth-order valence-electron chi connectivity index (χ4n) is 10.9. The quantitative estimate of drug-likeness (QED) is 0.0317. The summed E-state index contributed by atoms with van der Waals surface area (Å²) in [6.45, 7) is 14.2. The highest BCUT2D eigenvalue weighted by Gasteiger charge is 2.28. The zero-order valence-corrected chi connectivity index (χ0v) is 54.8. The minimum absolute atomic E-state index is 0.00318. The van der Waals surface area contributed by atoms with Gasteiger partial charge in [-0.3, -0.25) is 14.4 Å². The summed E-state index contributed by atoms with van der Waals surface area (Å²) in [5, 5.41) is 43.1. The smallest absolute Gasteiger partial charge is 0.410 e. The minimum Gasteiger partial charge on any atom is -0.477 e. The number of halogens is 1. The van der Waals surface area contributed by atoms with E-state index in [0.29, 0.717) is 70.6 Å². The number of Topliss-reactive ketones (excluding diaryl/α,β-unsaturated/α-hetero) is 2. The molecular weight excluding hydrogens is 1210 g/mol. The number of rotatable bonds is 29. The maximum Gasteiger partial charge on any atom is 0.410 e. The van der Waals surface area contributed by atoms with Crippen LogP contribution in [0.25, 0.3) is 10.9 Å². The molecule has 2 amide bonds. The molecule has 0 bridgehead atoms. The lowest BCUT2D eigenvalue weighted by molar-refractivity contribution is -0.122. The summed E-state index contributed by atoms with van der Waals surface area (Å²) in [5.74, 6) is -1.56. The molecule has 1 aliphatic heterocycles. The van der Waals surface area contributed by atoms with Gasteiger partial charge < -0.3 is 45.1 Å². The van der Waals surface area contributed by atoms with Gasteiger partial charge in [0.2, 0.25) is 5.43 Å². The van der Waals surface area contributed by atoms with Crippen LogP contribution in [0.5, 0.6) is 0 Å². The Kier molecular flexibility index (Phi) is 25.1. The summed E-state index contributed by atoms with van der Waals surface area (Å²) >= 11 is 3.44. The monoisotopic (exact) mass is 1300 g/mol. The van der Waals surface area contributed by atoms with E-state index < -0.39 is 52.6 Å². The van der Waals surface area contributed by atoms with Crippen molar-refractivity contribution < 1.29 is 48.0 Å². The fourth-order valence-corrected chi connectivity index (χ4v) is 12.6. The lowest BCUT2D eigenvalue weighted by atomic mass is 9.98. The number of hydrogen-bond donors (Lipinski definition) is 4. The van der Waals surface area contributed by atoms with Crippen molar-refractivity contribution in [1.82, 2.24) is 44.8 Å². The number of pyridine rings is 1. The van der Waals surface area contributed by atoms with Crippen molar-refractivity contribution in [2.75, 3.05) is 44.2 Å². The van der Waals surface area contributed by atoms with Gasteiger partial charge in [0.15, 0.2) is 11.6 Å². The van der Waals surface area contributed by atoms with Crippen molar-refractivity contribution >= 4 is 69.0 Å². The first-order chi connectivity index (χ1) is 44.2. The lowest BCUT2D eigenvalue weighted by Crippen LogP contribution is -2.49. The summed E-state index contributed by atoms with van der Waals surface area (Å²) in [7, 11) is 0. The number of ketones is 2. The van der Waals surface area contributed by atoms with Crippen LogP contribution >= 0.6 is 22.7 Å². The van der Waals surface area contributed by atoms with E-state index in [4.69, 9.17) is 15.2 Å². The Hall–Kier alpha value is -8.45. The summed E-state index contributed by atoms with van der Waals surface area (Å²) in [4.78, 5) is 82.1. The number of aliphatic hydroxyl groups is 1. The largest absolute Gasteiger partial charge is 0.477 e. The summed E-state index contributed by atoms with van der Waals surface area (Å²) < 4.78 is 31.2. The van der Waals surface area contributed by atoms with Gasteiger partial charge in [0, 0.05) is 97.7 Å². The number of nitrogens with one attached hydrogen (secondary N) is 1. The molecular formula is C68H84FN11O10S2. The Morgan fingerprint density at radius 1 is 0.728 bits per heavy atom. The molecule has 3 aromatic carbocycles. The number of fused-ring (bicyclic) bond motifs is 1. The molecule has 0 spiro atoms. The number of carbonyl (C=O) groups excluding carboxylic acids is 4. The average molecular weight is 1300 g/mol. The van der Waals surface area contributed by atoms with Gasteiger partial charge in [-0.25, -0.2) is 28.1 Å². The fraction of sp³-hybridized carbons (Fsp3) is 0.441. The highest BCUT2D eigenvalue weighted by atomic mass is 32.1.